The standard InChI is InChI=1S/C28H34ClN6O3P/c1-17(2)18-9-7-8-10-20(18)28(27(37)34-22-13-32-24(29)11-19(22)26(36)31-4)15-35(16-28)25-12-21(30-3)23(14-33-25)39(5,6)38/h7-14,17H,15-16H2,1-6H3,(H,30,33)(H,31,36)(H,34,37). The molecule has 2 aromatic heterocycles. The van der Waals surface area contributed by atoms with E-state index >= 15 is 0 Å². The molecule has 3 heterocycles. The molecule has 3 N–H and O–H groups in total. The summed E-state index contributed by atoms with van der Waals surface area (Å²) in [5, 5.41) is 9.51. The van der Waals surface area contributed by atoms with Crippen LogP contribution < -0.4 is 26.2 Å². The molecule has 0 atom stereocenters. The monoisotopic (exact) mass is 568 g/mol. The van der Waals surface area contributed by atoms with Gasteiger partial charge in [-0.3, -0.25) is 9.59 Å². The van der Waals surface area contributed by atoms with Crippen LogP contribution in [0.5, 0.6) is 0 Å². The van der Waals surface area contributed by atoms with Crippen molar-refractivity contribution in [1.82, 2.24) is 15.3 Å². The van der Waals surface area contributed by atoms with Crippen LogP contribution >= 0.6 is 18.7 Å². The summed E-state index contributed by atoms with van der Waals surface area (Å²) in [6, 6.07) is 11.3. The van der Waals surface area contributed by atoms with E-state index in [0.717, 1.165) is 16.8 Å². The van der Waals surface area contributed by atoms with Gasteiger partial charge in [-0.1, -0.05) is 49.7 Å². The van der Waals surface area contributed by atoms with E-state index in [9.17, 15) is 14.2 Å². The van der Waals surface area contributed by atoms with Crippen molar-refractivity contribution in [2.24, 2.45) is 0 Å². The van der Waals surface area contributed by atoms with Crippen LogP contribution in [-0.4, -0.2) is 62.3 Å². The van der Waals surface area contributed by atoms with Crippen molar-refractivity contribution in [2.45, 2.75) is 25.2 Å². The Labute approximate surface area is 234 Å². The highest BCUT2D eigenvalue weighted by Gasteiger charge is 2.52. The molecular weight excluding hydrogens is 535 g/mol. The lowest BCUT2D eigenvalue weighted by atomic mass is 9.69. The first kappa shape index (κ1) is 28.6. The van der Waals surface area contributed by atoms with Gasteiger partial charge in [-0.05, 0) is 36.4 Å². The molecule has 1 aliphatic heterocycles. The first-order valence-corrected chi connectivity index (χ1v) is 15.7. The number of halogens is 1. The van der Waals surface area contributed by atoms with Gasteiger partial charge in [0.05, 0.1) is 22.8 Å². The molecule has 1 fully saturated rings. The number of hydrogen-bond acceptors (Lipinski definition) is 7. The predicted molar refractivity (Wildman–Crippen MR) is 159 cm³/mol. The first-order chi connectivity index (χ1) is 18.4. The molecule has 0 aliphatic carbocycles. The van der Waals surface area contributed by atoms with E-state index in [-0.39, 0.29) is 34.1 Å². The molecular formula is C28H34ClN6O3P. The normalized spacial score (nSPS) is 14.5. The predicted octanol–water partition coefficient (Wildman–Crippen LogP) is 4.30. The number of carbonyl (C=O) groups excluding carboxylic acids is 2. The van der Waals surface area contributed by atoms with Gasteiger partial charge in [0.25, 0.3) is 5.91 Å². The average Bonchev–Trinajstić information content (AvgIpc) is 2.88. The molecule has 39 heavy (non-hydrogen) atoms. The van der Waals surface area contributed by atoms with Gasteiger partial charge in [0, 0.05) is 45.1 Å². The lowest BCUT2D eigenvalue weighted by Crippen LogP contribution is -2.66. The number of hydrogen-bond donors (Lipinski definition) is 3. The molecule has 206 valence electrons. The zero-order valence-corrected chi connectivity index (χ0v) is 24.7. The van der Waals surface area contributed by atoms with Gasteiger partial charge in [0.1, 0.15) is 23.5 Å². The van der Waals surface area contributed by atoms with Crippen molar-refractivity contribution in [3.05, 3.63) is 70.6 Å². The van der Waals surface area contributed by atoms with E-state index in [1.165, 1.54) is 19.3 Å². The Morgan fingerprint density at radius 3 is 2.36 bits per heavy atom. The lowest BCUT2D eigenvalue weighted by Gasteiger charge is -2.50. The van der Waals surface area contributed by atoms with Crippen molar-refractivity contribution in [1.29, 1.82) is 0 Å². The number of carbonyl (C=O) groups is 2. The molecule has 3 aromatic rings. The number of aromatic nitrogens is 2. The molecule has 0 spiro atoms. The second-order valence-electron chi connectivity index (χ2n) is 10.4. The molecule has 11 heteroatoms. The van der Waals surface area contributed by atoms with E-state index in [1.54, 1.807) is 26.6 Å². The highest BCUT2D eigenvalue weighted by atomic mass is 35.5. The molecule has 0 unspecified atom stereocenters. The Balaban J connectivity index is 1.74. The van der Waals surface area contributed by atoms with Gasteiger partial charge >= 0.3 is 0 Å². The summed E-state index contributed by atoms with van der Waals surface area (Å²) in [7, 11) is 0.768. The number of amides is 2. The molecule has 0 saturated carbocycles. The Morgan fingerprint density at radius 1 is 1.05 bits per heavy atom. The zero-order valence-electron chi connectivity index (χ0n) is 23.0. The third-order valence-electron chi connectivity index (χ3n) is 7.09. The largest absolute Gasteiger partial charge is 0.387 e. The van der Waals surface area contributed by atoms with Gasteiger partial charge in [-0.25, -0.2) is 9.97 Å². The van der Waals surface area contributed by atoms with Gasteiger partial charge in [0.2, 0.25) is 5.91 Å². The second kappa shape index (κ2) is 11.0. The fourth-order valence-corrected chi connectivity index (χ4v) is 6.22. The number of nitrogens with zero attached hydrogens (tertiary/aromatic N) is 3. The topological polar surface area (TPSA) is 116 Å². The number of benzene rings is 1. The highest BCUT2D eigenvalue weighted by molar-refractivity contribution is 7.70. The van der Waals surface area contributed by atoms with E-state index in [1.807, 2.05) is 35.2 Å². The summed E-state index contributed by atoms with van der Waals surface area (Å²) in [4.78, 5) is 37.4. The van der Waals surface area contributed by atoms with Crippen LogP contribution in [-0.2, 0) is 14.8 Å². The summed E-state index contributed by atoms with van der Waals surface area (Å²) in [6.07, 6.45) is 3.05. The fourth-order valence-electron chi connectivity index (χ4n) is 4.97. The highest BCUT2D eigenvalue weighted by Crippen LogP contribution is 2.43. The Hall–Kier alpha value is -3.42. The van der Waals surface area contributed by atoms with Crippen molar-refractivity contribution in [3.8, 4) is 0 Å². The molecule has 0 bridgehead atoms. The maximum atomic E-state index is 14.1. The van der Waals surface area contributed by atoms with Crippen molar-refractivity contribution < 1.29 is 14.2 Å². The van der Waals surface area contributed by atoms with Crippen LogP contribution in [0.25, 0.3) is 0 Å². The number of rotatable bonds is 8. The van der Waals surface area contributed by atoms with Gasteiger partial charge < -0.3 is 25.4 Å². The molecule has 1 aliphatic rings. The van der Waals surface area contributed by atoms with Crippen LogP contribution in [0.15, 0.2) is 48.8 Å². The third kappa shape index (κ3) is 5.52. The number of nitrogens with one attached hydrogen (secondary N) is 3. The first-order valence-electron chi connectivity index (χ1n) is 12.7. The van der Waals surface area contributed by atoms with Crippen LogP contribution in [0.1, 0.15) is 41.3 Å². The lowest BCUT2D eigenvalue weighted by molar-refractivity contribution is -0.122. The smallest absolute Gasteiger partial charge is 0.253 e. The summed E-state index contributed by atoms with van der Waals surface area (Å²) >= 11 is 6.04. The summed E-state index contributed by atoms with van der Waals surface area (Å²) in [6.45, 7) is 8.35. The van der Waals surface area contributed by atoms with Crippen LogP contribution in [0.3, 0.4) is 0 Å². The third-order valence-corrected chi connectivity index (χ3v) is 8.81. The Morgan fingerprint density at radius 2 is 1.74 bits per heavy atom. The van der Waals surface area contributed by atoms with E-state index in [0.29, 0.717) is 24.2 Å². The van der Waals surface area contributed by atoms with E-state index in [2.05, 4.69) is 39.8 Å². The van der Waals surface area contributed by atoms with Gasteiger partial charge in [-0.2, -0.15) is 0 Å². The summed E-state index contributed by atoms with van der Waals surface area (Å²) < 4.78 is 12.7. The molecule has 0 radical (unpaired) electrons. The van der Waals surface area contributed by atoms with E-state index in [4.69, 9.17) is 11.6 Å². The fraction of sp³-hybridized carbons (Fsp3) is 0.357. The Kier molecular flexibility index (Phi) is 8.05. The summed E-state index contributed by atoms with van der Waals surface area (Å²) in [5.74, 6) is 0.240. The summed E-state index contributed by atoms with van der Waals surface area (Å²) in [5.41, 5.74) is 2.35. The van der Waals surface area contributed by atoms with Crippen molar-refractivity contribution >= 4 is 53.1 Å². The SMILES string of the molecule is CNC(=O)c1cc(Cl)ncc1NC(=O)C1(c2ccccc2C(C)C)CN(c2cc(NC)c(P(C)(C)=O)cn2)C1. The molecule has 9 nitrogen and oxygen atoms in total. The zero-order chi connectivity index (χ0) is 28.5. The van der Waals surface area contributed by atoms with Crippen molar-refractivity contribution in [3.63, 3.8) is 0 Å². The maximum absolute atomic E-state index is 14.1. The minimum Gasteiger partial charge on any atom is -0.387 e. The Bertz CT molecular complexity index is 1470. The quantitative estimate of drug-likeness (QED) is 0.274. The van der Waals surface area contributed by atoms with Crippen LogP contribution in [0.2, 0.25) is 5.15 Å². The van der Waals surface area contributed by atoms with Gasteiger partial charge in [0.15, 0.2) is 0 Å². The molecule has 1 aromatic carbocycles. The van der Waals surface area contributed by atoms with Crippen LogP contribution in [0, 0.1) is 0 Å². The molecule has 1 saturated heterocycles. The minimum absolute atomic E-state index is 0.153. The number of anilines is 3. The second-order valence-corrected chi connectivity index (χ2v) is 14.0. The number of pyridine rings is 2. The van der Waals surface area contributed by atoms with Crippen molar-refractivity contribution in [2.75, 3.05) is 56.0 Å². The average molecular weight is 569 g/mol. The molecule has 4 rings (SSSR count). The van der Waals surface area contributed by atoms with E-state index < -0.39 is 12.6 Å². The van der Waals surface area contributed by atoms with Crippen LogP contribution in [0.4, 0.5) is 17.2 Å². The minimum atomic E-state index is -2.53. The molecule has 2 amide bonds. The van der Waals surface area contributed by atoms with Gasteiger partial charge in [-0.15, -0.1) is 0 Å². The maximum Gasteiger partial charge on any atom is 0.253 e.